The highest BCUT2D eigenvalue weighted by atomic mass is 16.4. The first-order chi connectivity index (χ1) is 5.62. The van der Waals surface area contributed by atoms with Crippen LogP contribution in [0.25, 0.3) is 0 Å². The Bertz CT molecular complexity index is 175. The molecule has 3 N–H and O–H groups in total. The predicted molar refractivity (Wildman–Crippen MR) is 46.8 cm³/mol. The molecule has 0 aromatic carbocycles. The summed E-state index contributed by atoms with van der Waals surface area (Å²) in [7, 11) is 0. The molecule has 3 heteroatoms. The Morgan fingerprint density at radius 3 is 2.58 bits per heavy atom. The van der Waals surface area contributed by atoms with Crippen molar-refractivity contribution in [2.45, 2.75) is 32.6 Å². The van der Waals surface area contributed by atoms with E-state index >= 15 is 0 Å². The monoisotopic (exact) mass is 171 g/mol. The van der Waals surface area contributed by atoms with Gasteiger partial charge in [-0.25, -0.2) is 0 Å². The topological polar surface area (TPSA) is 63.3 Å². The molecule has 0 radical (unpaired) electrons. The lowest BCUT2D eigenvalue weighted by atomic mass is 9.86. The summed E-state index contributed by atoms with van der Waals surface area (Å²) >= 11 is 0. The summed E-state index contributed by atoms with van der Waals surface area (Å²) < 4.78 is 0. The van der Waals surface area contributed by atoms with Gasteiger partial charge in [-0.15, -0.1) is 0 Å². The van der Waals surface area contributed by atoms with Crippen LogP contribution in [-0.4, -0.2) is 17.6 Å². The zero-order valence-corrected chi connectivity index (χ0v) is 7.55. The van der Waals surface area contributed by atoms with Gasteiger partial charge in [0.15, 0.2) is 0 Å². The van der Waals surface area contributed by atoms with E-state index in [0.717, 1.165) is 25.7 Å². The molecular weight excluding hydrogens is 154 g/mol. The first kappa shape index (κ1) is 9.52. The minimum absolute atomic E-state index is 0.102. The number of carbonyl (C=O) groups is 1. The summed E-state index contributed by atoms with van der Waals surface area (Å²) in [6.07, 6.45) is 4.08. The highest BCUT2D eigenvalue weighted by molar-refractivity contribution is 5.71. The summed E-state index contributed by atoms with van der Waals surface area (Å²) in [4.78, 5) is 10.7. The van der Waals surface area contributed by atoms with Crippen LogP contribution in [0, 0.1) is 11.3 Å². The van der Waals surface area contributed by atoms with Gasteiger partial charge in [-0.2, -0.15) is 0 Å². The lowest BCUT2D eigenvalue weighted by Gasteiger charge is -2.18. The van der Waals surface area contributed by atoms with Gasteiger partial charge in [0.25, 0.3) is 0 Å². The van der Waals surface area contributed by atoms with Gasteiger partial charge >= 0.3 is 5.97 Å². The van der Waals surface area contributed by atoms with E-state index in [1.54, 1.807) is 0 Å². The van der Waals surface area contributed by atoms with Crippen LogP contribution in [0.2, 0.25) is 0 Å². The molecule has 3 nitrogen and oxygen atoms in total. The summed E-state index contributed by atoms with van der Waals surface area (Å²) in [5.41, 5.74) is 5.49. The summed E-state index contributed by atoms with van der Waals surface area (Å²) in [6, 6.07) is 0. The van der Waals surface area contributed by atoms with E-state index in [1.807, 2.05) is 6.92 Å². The third-order valence-electron chi connectivity index (χ3n) is 3.06. The summed E-state index contributed by atoms with van der Waals surface area (Å²) in [6.45, 7) is 2.49. The maximum Gasteiger partial charge on any atom is 0.306 e. The Balaban J connectivity index is 2.42. The van der Waals surface area contributed by atoms with Crippen molar-refractivity contribution in [3.63, 3.8) is 0 Å². The Morgan fingerprint density at radius 2 is 2.25 bits per heavy atom. The predicted octanol–water partition coefficient (Wildman–Crippen LogP) is 1.23. The molecule has 70 valence electrons. The van der Waals surface area contributed by atoms with E-state index in [2.05, 4.69) is 0 Å². The van der Waals surface area contributed by atoms with E-state index in [4.69, 9.17) is 10.8 Å². The van der Waals surface area contributed by atoms with E-state index in [-0.39, 0.29) is 11.3 Å². The van der Waals surface area contributed by atoms with Crippen LogP contribution >= 0.6 is 0 Å². The van der Waals surface area contributed by atoms with Crippen LogP contribution < -0.4 is 5.73 Å². The molecule has 0 aliphatic heterocycles. The van der Waals surface area contributed by atoms with Crippen LogP contribution in [-0.2, 0) is 4.79 Å². The van der Waals surface area contributed by atoms with Gasteiger partial charge in [0.05, 0.1) is 5.92 Å². The molecule has 1 saturated carbocycles. The number of carboxylic acids is 1. The van der Waals surface area contributed by atoms with Crippen LogP contribution in [0.4, 0.5) is 0 Å². The molecule has 1 rings (SSSR count). The van der Waals surface area contributed by atoms with Crippen molar-refractivity contribution < 1.29 is 9.90 Å². The van der Waals surface area contributed by atoms with E-state index < -0.39 is 5.97 Å². The molecule has 12 heavy (non-hydrogen) atoms. The van der Waals surface area contributed by atoms with Gasteiger partial charge in [-0.1, -0.05) is 6.92 Å². The van der Waals surface area contributed by atoms with E-state index in [9.17, 15) is 4.79 Å². The third-order valence-corrected chi connectivity index (χ3v) is 3.06. The van der Waals surface area contributed by atoms with E-state index in [0.29, 0.717) is 6.54 Å². The molecule has 1 atom stereocenters. The highest BCUT2D eigenvalue weighted by Gasteiger charge is 2.49. The minimum atomic E-state index is -0.662. The number of hydrogen-bond donors (Lipinski definition) is 2. The lowest BCUT2D eigenvalue weighted by Crippen LogP contribution is -2.22. The number of aliphatic carboxylic acids is 1. The highest BCUT2D eigenvalue weighted by Crippen LogP contribution is 2.55. The summed E-state index contributed by atoms with van der Waals surface area (Å²) in [5, 5.41) is 8.83. The molecule has 0 bridgehead atoms. The van der Waals surface area contributed by atoms with Crippen molar-refractivity contribution >= 4 is 5.97 Å². The number of carboxylic acid groups (broad SMARTS) is 1. The molecule has 1 unspecified atom stereocenters. The number of rotatable bonds is 5. The number of hydrogen-bond acceptors (Lipinski definition) is 2. The normalized spacial score (nSPS) is 21.8. The first-order valence-electron chi connectivity index (χ1n) is 4.55. The Kier molecular flexibility index (Phi) is 2.73. The standard InChI is InChI=1S/C9H17NO2/c1-7(8(11)12)9(4-5-9)3-2-6-10/h7H,2-6,10H2,1H3,(H,11,12). The first-order valence-corrected chi connectivity index (χ1v) is 4.55. The van der Waals surface area contributed by atoms with Gasteiger partial charge in [0.1, 0.15) is 0 Å². The van der Waals surface area contributed by atoms with Crippen LogP contribution in [0.1, 0.15) is 32.6 Å². The van der Waals surface area contributed by atoms with E-state index in [1.165, 1.54) is 0 Å². The maximum absolute atomic E-state index is 10.7. The van der Waals surface area contributed by atoms with Crippen molar-refractivity contribution in [1.82, 2.24) is 0 Å². The zero-order chi connectivity index (χ0) is 9.19. The molecule has 1 aliphatic carbocycles. The molecule has 0 heterocycles. The van der Waals surface area contributed by atoms with Crippen molar-refractivity contribution in [2.24, 2.45) is 17.1 Å². The quantitative estimate of drug-likeness (QED) is 0.653. The zero-order valence-electron chi connectivity index (χ0n) is 7.55. The van der Waals surface area contributed by atoms with Gasteiger partial charge in [-0.05, 0) is 37.6 Å². The average Bonchev–Trinajstić information content (AvgIpc) is 2.80. The molecule has 0 aromatic heterocycles. The average molecular weight is 171 g/mol. The van der Waals surface area contributed by atoms with Crippen LogP contribution in [0.3, 0.4) is 0 Å². The fraction of sp³-hybridized carbons (Fsp3) is 0.889. The van der Waals surface area contributed by atoms with Crippen LogP contribution in [0.15, 0.2) is 0 Å². The maximum atomic E-state index is 10.7. The molecule has 1 aliphatic rings. The molecule has 0 amide bonds. The second-order valence-electron chi connectivity index (χ2n) is 3.81. The minimum Gasteiger partial charge on any atom is -0.481 e. The molecular formula is C9H17NO2. The third kappa shape index (κ3) is 1.78. The lowest BCUT2D eigenvalue weighted by molar-refractivity contribution is -0.143. The van der Waals surface area contributed by atoms with Gasteiger partial charge in [0.2, 0.25) is 0 Å². The molecule has 0 spiro atoms. The Hall–Kier alpha value is -0.570. The van der Waals surface area contributed by atoms with Crippen molar-refractivity contribution in [1.29, 1.82) is 0 Å². The van der Waals surface area contributed by atoms with Crippen molar-refractivity contribution in [3.8, 4) is 0 Å². The number of nitrogens with two attached hydrogens (primary N) is 1. The van der Waals surface area contributed by atoms with Gasteiger partial charge < -0.3 is 10.8 Å². The second kappa shape index (κ2) is 3.44. The summed E-state index contributed by atoms with van der Waals surface area (Å²) in [5.74, 6) is -0.853. The van der Waals surface area contributed by atoms with Crippen LogP contribution in [0.5, 0.6) is 0 Å². The van der Waals surface area contributed by atoms with Crippen molar-refractivity contribution in [2.75, 3.05) is 6.54 Å². The van der Waals surface area contributed by atoms with Crippen molar-refractivity contribution in [3.05, 3.63) is 0 Å². The second-order valence-corrected chi connectivity index (χ2v) is 3.81. The smallest absolute Gasteiger partial charge is 0.306 e. The van der Waals surface area contributed by atoms with Gasteiger partial charge in [-0.3, -0.25) is 4.79 Å². The Labute approximate surface area is 72.9 Å². The molecule has 0 saturated heterocycles. The molecule has 0 aromatic rings. The SMILES string of the molecule is CC(C(=O)O)C1(CCCN)CC1. The fourth-order valence-electron chi connectivity index (χ4n) is 1.78. The van der Waals surface area contributed by atoms with Gasteiger partial charge in [0, 0.05) is 0 Å². The largest absolute Gasteiger partial charge is 0.481 e. The Morgan fingerprint density at radius 1 is 1.67 bits per heavy atom. The molecule has 1 fully saturated rings. The fourth-order valence-corrected chi connectivity index (χ4v) is 1.78.